The van der Waals surface area contributed by atoms with Gasteiger partial charge in [0, 0.05) is 12.7 Å². The topological polar surface area (TPSA) is 21.3 Å². The zero-order valence-electron chi connectivity index (χ0n) is 11.5. The normalized spacial score (nSPS) is 10.4. The van der Waals surface area contributed by atoms with Crippen molar-refractivity contribution in [3.05, 3.63) is 72.3 Å². The van der Waals surface area contributed by atoms with Crippen LogP contribution in [0, 0.1) is 0 Å². The average Bonchev–Trinajstić information content (AvgIpc) is 2.53. The van der Waals surface area contributed by atoms with Gasteiger partial charge in [0.05, 0.1) is 0 Å². The number of rotatable bonds is 4. The van der Waals surface area contributed by atoms with Crippen molar-refractivity contribution in [2.45, 2.75) is 6.61 Å². The maximum Gasteiger partial charge on any atom is 0.119 e. The van der Waals surface area contributed by atoms with Gasteiger partial charge in [-0.05, 0) is 40.6 Å². The maximum absolute atomic E-state index is 5.87. The second-order valence-electron chi connectivity index (χ2n) is 4.70. The summed E-state index contributed by atoms with van der Waals surface area (Å²) in [5.41, 5.74) is 2.29. The van der Waals surface area contributed by atoms with E-state index < -0.39 is 0 Å². The number of fused-ring (bicyclic) bond motifs is 1. The smallest absolute Gasteiger partial charge is 0.119 e. The van der Waals surface area contributed by atoms with Crippen LogP contribution in [0.2, 0.25) is 0 Å². The molecule has 0 spiro atoms. The van der Waals surface area contributed by atoms with Gasteiger partial charge in [0.15, 0.2) is 0 Å². The lowest BCUT2D eigenvalue weighted by molar-refractivity contribution is 0.308. The molecule has 0 fully saturated rings. The van der Waals surface area contributed by atoms with Crippen LogP contribution in [0.15, 0.2) is 66.7 Å². The Labute approximate surface area is 119 Å². The quantitative estimate of drug-likeness (QED) is 0.750. The van der Waals surface area contributed by atoms with Gasteiger partial charge in [0.2, 0.25) is 0 Å². The zero-order chi connectivity index (χ0) is 13.8. The third-order valence-corrected chi connectivity index (χ3v) is 3.42. The molecule has 0 radical (unpaired) electrons. The van der Waals surface area contributed by atoms with Crippen molar-refractivity contribution < 1.29 is 4.74 Å². The minimum absolute atomic E-state index is 0.584. The minimum Gasteiger partial charge on any atom is -0.489 e. The van der Waals surface area contributed by atoms with Gasteiger partial charge in [0.25, 0.3) is 0 Å². The molecular formula is C18H17NO. The van der Waals surface area contributed by atoms with Crippen molar-refractivity contribution in [3.8, 4) is 5.75 Å². The summed E-state index contributed by atoms with van der Waals surface area (Å²) in [7, 11) is 1.91. The second kappa shape index (κ2) is 5.66. The zero-order valence-corrected chi connectivity index (χ0v) is 11.5. The van der Waals surface area contributed by atoms with Gasteiger partial charge < -0.3 is 10.1 Å². The van der Waals surface area contributed by atoms with Crippen molar-refractivity contribution in [1.82, 2.24) is 0 Å². The Morgan fingerprint density at radius 1 is 0.850 bits per heavy atom. The van der Waals surface area contributed by atoms with Gasteiger partial charge in [-0.15, -0.1) is 0 Å². The number of nitrogens with one attached hydrogen (secondary N) is 1. The molecule has 2 nitrogen and oxygen atoms in total. The Balaban J connectivity index is 1.79. The lowest BCUT2D eigenvalue weighted by Crippen LogP contribution is -1.96. The van der Waals surface area contributed by atoms with Crippen LogP contribution in [0.3, 0.4) is 0 Å². The molecule has 0 bridgehead atoms. The first-order chi connectivity index (χ1) is 9.86. The van der Waals surface area contributed by atoms with E-state index in [9.17, 15) is 0 Å². The summed E-state index contributed by atoms with van der Waals surface area (Å²) in [5, 5.41) is 5.60. The van der Waals surface area contributed by atoms with Gasteiger partial charge in [-0.2, -0.15) is 0 Å². The molecular weight excluding hydrogens is 246 g/mol. The fourth-order valence-corrected chi connectivity index (χ4v) is 2.30. The van der Waals surface area contributed by atoms with Crippen molar-refractivity contribution in [1.29, 1.82) is 0 Å². The maximum atomic E-state index is 5.87. The van der Waals surface area contributed by atoms with Gasteiger partial charge in [-0.25, -0.2) is 0 Å². The Morgan fingerprint density at radius 2 is 1.60 bits per heavy atom. The first-order valence-corrected chi connectivity index (χ1v) is 6.74. The second-order valence-corrected chi connectivity index (χ2v) is 4.70. The van der Waals surface area contributed by atoms with Gasteiger partial charge in [0.1, 0.15) is 12.4 Å². The van der Waals surface area contributed by atoms with E-state index in [2.05, 4.69) is 47.8 Å². The van der Waals surface area contributed by atoms with Crippen molar-refractivity contribution in [2.24, 2.45) is 0 Å². The summed E-state index contributed by atoms with van der Waals surface area (Å²) in [6, 6.07) is 22.7. The first kappa shape index (κ1) is 12.5. The van der Waals surface area contributed by atoms with E-state index in [1.165, 1.54) is 16.3 Å². The summed E-state index contributed by atoms with van der Waals surface area (Å²) in [4.78, 5) is 0. The molecule has 2 heteroatoms. The Morgan fingerprint density at radius 3 is 2.40 bits per heavy atom. The van der Waals surface area contributed by atoms with Gasteiger partial charge in [-0.3, -0.25) is 0 Å². The molecule has 0 aliphatic rings. The van der Waals surface area contributed by atoms with Crippen LogP contribution >= 0.6 is 0 Å². The molecule has 0 saturated heterocycles. The van der Waals surface area contributed by atoms with Crippen LogP contribution < -0.4 is 10.1 Å². The summed E-state index contributed by atoms with van der Waals surface area (Å²) < 4.78 is 5.87. The predicted molar refractivity (Wildman–Crippen MR) is 84.3 cm³/mol. The summed E-state index contributed by atoms with van der Waals surface area (Å²) >= 11 is 0. The molecule has 0 amide bonds. The van der Waals surface area contributed by atoms with E-state index in [-0.39, 0.29) is 0 Å². The fourth-order valence-electron chi connectivity index (χ4n) is 2.30. The molecule has 3 aromatic carbocycles. The lowest BCUT2D eigenvalue weighted by Gasteiger charge is -2.09. The van der Waals surface area contributed by atoms with E-state index in [0.29, 0.717) is 6.61 Å². The minimum atomic E-state index is 0.584. The van der Waals surface area contributed by atoms with Crippen LogP contribution in [0.25, 0.3) is 10.8 Å². The number of benzene rings is 3. The molecule has 0 aliphatic heterocycles. The van der Waals surface area contributed by atoms with E-state index in [1.807, 2.05) is 31.3 Å². The standard InChI is InChI=1S/C18H17NO/c1-19-16-9-11-17(12-10-16)20-13-15-7-4-6-14-5-2-3-8-18(14)15/h2-12,19H,13H2,1H3. The van der Waals surface area contributed by atoms with Gasteiger partial charge in [-0.1, -0.05) is 42.5 Å². The first-order valence-electron chi connectivity index (χ1n) is 6.74. The molecule has 0 saturated carbocycles. The Bertz CT molecular complexity index is 699. The van der Waals surface area contributed by atoms with Crippen molar-refractivity contribution in [3.63, 3.8) is 0 Å². The highest BCUT2D eigenvalue weighted by Crippen LogP contribution is 2.21. The summed E-state index contributed by atoms with van der Waals surface area (Å²) in [6.45, 7) is 0.584. The van der Waals surface area contributed by atoms with Crippen LogP contribution in [0.5, 0.6) is 5.75 Å². The van der Waals surface area contributed by atoms with Crippen LogP contribution in [0.1, 0.15) is 5.56 Å². The van der Waals surface area contributed by atoms with Crippen LogP contribution in [-0.2, 0) is 6.61 Å². The Kier molecular flexibility index (Phi) is 3.55. The largest absolute Gasteiger partial charge is 0.489 e. The molecule has 0 atom stereocenters. The Hall–Kier alpha value is -2.48. The highest BCUT2D eigenvalue weighted by molar-refractivity contribution is 5.85. The summed E-state index contributed by atoms with van der Waals surface area (Å²) in [6.07, 6.45) is 0. The van der Waals surface area contributed by atoms with E-state index in [4.69, 9.17) is 4.74 Å². The number of anilines is 1. The molecule has 20 heavy (non-hydrogen) atoms. The molecule has 1 N–H and O–H groups in total. The fraction of sp³-hybridized carbons (Fsp3) is 0.111. The molecule has 100 valence electrons. The number of hydrogen-bond donors (Lipinski definition) is 1. The molecule has 3 rings (SSSR count). The SMILES string of the molecule is CNc1ccc(OCc2cccc3ccccc23)cc1. The molecule has 0 heterocycles. The van der Waals surface area contributed by atoms with E-state index >= 15 is 0 Å². The average molecular weight is 263 g/mol. The van der Waals surface area contributed by atoms with Crippen LogP contribution in [-0.4, -0.2) is 7.05 Å². The predicted octanol–water partition coefficient (Wildman–Crippen LogP) is 4.46. The third-order valence-electron chi connectivity index (χ3n) is 3.42. The van der Waals surface area contributed by atoms with Crippen molar-refractivity contribution in [2.75, 3.05) is 12.4 Å². The van der Waals surface area contributed by atoms with Crippen LogP contribution in [0.4, 0.5) is 5.69 Å². The number of hydrogen-bond acceptors (Lipinski definition) is 2. The highest BCUT2D eigenvalue weighted by atomic mass is 16.5. The molecule has 0 aromatic heterocycles. The monoisotopic (exact) mass is 263 g/mol. The van der Waals surface area contributed by atoms with Gasteiger partial charge >= 0.3 is 0 Å². The number of ether oxygens (including phenoxy) is 1. The third kappa shape index (κ3) is 2.59. The van der Waals surface area contributed by atoms with Crippen molar-refractivity contribution >= 4 is 16.5 Å². The van der Waals surface area contributed by atoms with E-state index in [0.717, 1.165) is 11.4 Å². The molecule has 0 unspecified atom stereocenters. The molecule has 3 aromatic rings. The molecule has 0 aliphatic carbocycles. The van der Waals surface area contributed by atoms with E-state index in [1.54, 1.807) is 0 Å². The lowest BCUT2D eigenvalue weighted by atomic mass is 10.1. The summed E-state index contributed by atoms with van der Waals surface area (Å²) in [5.74, 6) is 0.886. The highest BCUT2D eigenvalue weighted by Gasteiger charge is 2.01.